The molecular weight excluding hydrogens is 228 g/mol. The number of anilines is 1. The van der Waals surface area contributed by atoms with Crippen LogP contribution in [0.3, 0.4) is 0 Å². The Morgan fingerprint density at radius 1 is 1.11 bits per heavy atom. The largest absolute Gasteiger partial charge is 0.335 e. The van der Waals surface area contributed by atoms with Gasteiger partial charge < -0.3 is 9.84 Å². The molecule has 0 aromatic carbocycles. The van der Waals surface area contributed by atoms with Gasteiger partial charge >= 0.3 is 6.01 Å². The Kier molecular flexibility index (Phi) is 3.21. The predicted molar refractivity (Wildman–Crippen MR) is 68.0 cm³/mol. The van der Waals surface area contributed by atoms with E-state index in [0.29, 0.717) is 17.9 Å². The molecule has 1 aliphatic rings. The van der Waals surface area contributed by atoms with Crippen molar-refractivity contribution in [1.29, 1.82) is 0 Å². The summed E-state index contributed by atoms with van der Waals surface area (Å²) in [6.45, 7) is 0. The molecule has 1 N–H and O–H groups in total. The fraction of sp³-hybridized carbons (Fsp3) is 0.462. The number of pyridine rings is 1. The van der Waals surface area contributed by atoms with E-state index in [1.807, 2.05) is 12.1 Å². The molecule has 3 rings (SSSR count). The summed E-state index contributed by atoms with van der Waals surface area (Å²) in [5, 5.41) is 7.29. The molecule has 0 bridgehead atoms. The molecule has 0 unspecified atom stereocenters. The molecule has 1 fully saturated rings. The molecule has 0 spiro atoms. The van der Waals surface area contributed by atoms with E-state index in [0.717, 1.165) is 5.56 Å². The first kappa shape index (κ1) is 11.2. The fourth-order valence-electron chi connectivity index (χ4n) is 2.32. The van der Waals surface area contributed by atoms with Crippen LogP contribution < -0.4 is 5.32 Å². The molecule has 1 aliphatic carbocycles. The topological polar surface area (TPSA) is 63.8 Å². The summed E-state index contributed by atoms with van der Waals surface area (Å²) >= 11 is 0. The van der Waals surface area contributed by atoms with Gasteiger partial charge in [-0.05, 0) is 25.0 Å². The number of aromatic nitrogens is 3. The normalized spacial score (nSPS) is 16.7. The van der Waals surface area contributed by atoms with Crippen molar-refractivity contribution in [3.05, 3.63) is 24.5 Å². The molecule has 18 heavy (non-hydrogen) atoms. The van der Waals surface area contributed by atoms with Gasteiger partial charge in [-0.3, -0.25) is 4.98 Å². The molecule has 2 aromatic rings. The molecule has 0 saturated heterocycles. The van der Waals surface area contributed by atoms with Crippen molar-refractivity contribution in [2.24, 2.45) is 0 Å². The predicted octanol–water partition coefficient (Wildman–Crippen LogP) is 2.88. The van der Waals surface area contributed by atoms with Crippen molar-refractivity contribution >= 4 is 6.01 Å². The SMILES string of the molecule is c1cc(-c2noc(NC3CCCCC3)n2)ccn1. The first-order chi connectivity index (χ1) is 8.92. The van der Waals surface area contributed by atoms with Crippen LogP contribution in [0.4, 0.5) is 6.01 Å². The van der Waals surface area contributed by atoms with Gasteiger partial charge in [0.25, 0.3) is 0 Å². The Labute approximate surface area is 106 Å². The minimum atomic E-state index is 0.476. The van der Waals surface area contributed by atoms with Crippen LogP contribution in [0, 0.1) is 0 Å². The average Bonchev–Trinajstić information content (AvgIpc) is 2.89. The van der Waals surface area contributed by atoms with Gasteiger partial charge in [0.05, 0.1) is 0 Å². The molecule has 94 valence electrons. The maximum atomic E-state index is 5.23. The zero-order chi connectivity index (χ0) is 12.2. The second kappa shape index (κ2) is 5.16. The van der Waals surface area contributed by atoms with Crippen LogP contribution in [-0.4, -0.2) is 21.2 Å². The molecule has 5 nitrogen and oxygen atoms in total. The van der Waals surface area contributed by atoms with E-state index >= 15 is 0 Å². The molecule has 2 aromatic heterocycles. The Morgan fingerprint density at radius 2 is 1.89 bits per heavy atom. The van der Waals surface area contributed by atoms with Gasteiger partial charge in [-0.2, -0.15) is 4.98 Å². The van der Waals surface area contributed by atoms with E-state index in [-0.39, 0.29) is 0 Å². The summed E-state index contributed by atoms with van der Waals surface area (Å²) in [5.74, 6) is 0.607. The summed E-state index contributed by atoms with van der Waals surface area (Å²) in [4.78, 5) is 8.33. The Hall–Kier alpha value is -1.91. The van der Waals surface area contributed by atoms with Crippen LogP contribution in [0.2, 0.25) is 0 Å². The van der Waals surface area contributed by atoms with Gasteiger partial charge in [0, 0.05) is 24.0 Å². The highest BCUT2D eigenvalue weighted by molar-refractivity contribution is 5.54. The second-order valence-electron chi connectivity index (χ2n) is 4.64. The lowest BCUT2D eigenvalue weighted by molar-refractivity contribution is 0.407. The van der Waals surface area contributed by atoms with Crippen LogP contribution in [0.5, 0.6) is 0 Å². The second-order valence-corrected chi connectivity index (χ2v) is 4.64. The maximum Gasteiger partial charge on any atom is 0.322 e. The summed E-state index contributed by atoms with van der Waals surface area (Å²) in [5.41, 5.74) is 0.922. The summed E-state index contributed by atoms with van der Waals surface area (Å²) in [7, 11) is 0. The minimum absolute atomic E-state index is 0.476. The van der Waals surface area contributed by atoms with E-state index in [2.05, 4.69) is 20.4 Å². The third kappa shape index (κ3) is 2.50. The van der Waals surface area contributed by atoms with Crippen LogP contribution in [-0.2, 0) is 0 Å². The zero-order valence-electron chi connectivity index (χ0n) is 10.2. The Morgan fingerprint density at radius 3 is 2.67 bits per heavy atom. The van der Waals surface area contributed by atoms with E-state index in [4.69, 9.17) is 4.52 Å². The number of nitrogens with one attached hydrogen (secondary N) is 1. The van der Waals surface area contributed by atoms with Gasteiger partial charge in [-0.15, -0.1) is 0 Å². The first-order valence-electron chi connectivity index (χ1n) is 6.42. The fourth-order valence-corrected chi connectivity index (χ4v) is 2.32. The van der Waals surface area contributed by atoms with Gasteiger partial charge in [-0.1, -0.05) is 24.4 Å². The highest BCUT2D eigenvalue weighted by atomic mass is 16.5. The third-order valence-corrected chi connectivity index (χ3v) is 3.30. The van der Waals surface area contributed by atoms with Crippen molar-refractivity contribution in [3.8, 4) is 11.4 Å². The number of rotatable bonds is 3. The van der Waals surface area contributed by atoms with Crippen LogP contribution >= 0.6 is 0 Å². The third-order valence-electron chi connectivity index (χ3n) is 3.30. The lowest BCUT2D eigenvalue weighted by Crippen LogP contribution is -2.22. The lowest BCUT2D eigenvalue weighted by Gasteiger charge is -2.21. The Balaban J connectivity index is 1.69. The van der Waals surface area contributed by atoms with Crippen molar-refractivity contribution < 1.29 is 4.52 Å². The Bertz CT molecular complexity index is 491. The lowest BCUT2D eigenvalue weighted by atomic mass is 9.96. The summed E-state index contributed by atoms with van der Waals surface area (Å²) in [6, 6.07) is 4.74. The van der Waals surface area contributed by atoms with Gasteiger partial charge in [-0.25, -0.2) is 0 Å². The molecule has 2 heterocycles. The minimum Gasteiger partial charge on any atom is -0.335 e. The van der Waals surface area contributed by atoms with E-state index in [1.165, 1.54) is 32.1 Å². The van der Waals surface area contributed by atoms with Crippen molar-refractivity contribution in [2.75, 3.05) is 5.32 Å². The number of nitrogens with zero attached hydrogens (tertiary/aromatic N) is 3. The van der Waals surface area contributed by atoms with Crippen molar-refractivity contribution in [3.63, 3.8) is 0 Å². The molecule has 0 aliphatic heterocycles. The zero-order valence-corrected chi connectivity index (χ0v) is 10.2. The van der Waals surface area contributed by atoms with Gasteiger partial charge in [0.2, 0.25) is 5.82 Å². The smallest absolute Gasteiger partial charge is 0.322 e. The average molecular weight is 244 g/mol. The maximum absolute atomic E-state index is 5.23. The van der Waals surface area contributed by atoms with Crippen LogP contribution in [0.25, 0.3) is 11.4 Å². The molecule has 0 radical (unpaired) electrons. The number of hydrogen-bond donors (Lipinski definition) is 1. The molecule has 1 saturated carbocycles. The van der Waals surface area contributed by atoms with Crippen LogP contribution in [0.15, 0.2) is 29.0 Å². The summed E-state index contributed by atoms with van der Waals surface area (Å²) < 4.78 is 5.23. The highest BCUT2D eigenvalue weighted by Gasteiger charge is 2.16. The van der Waals surface area contributed by atoms with Crippen LogP contribution in [0.1, 0.15) is 32.1 Å². The number of hydrogen-bond acceptors (Lipinski definition) is 5. The van der Waals surface area contributed by atoms with Crippen molar-refractivity contribution in [1.82, 2.24) is 15.1 Å². The van der Waals surface area contributed by atoms with E-state index in [1.54, 1.807) is 12.4 Å². The quantitative estimate of drug-likeness (QED) is 0.899. The van der Waals surface area contributed by atoms with Gasteiger partial charge in [0.15, 0.2) is 0 Å². The molecular formula is C13H16N4O. The standard InChI is InChI=1S/C13H16N4O/c1-2-4-11(5-3-1)15-13-16-12(17-18-13)10-6-8-14-9-7-10/h6-9,11H,1-5H2,(H,15,16,17). The summed E-state index contributed by atoms with van der Waals surface area (Å²) in [6.07, 6.45) is 9.72. The van der Waals surface area contributed by atoms with E-state index in [9.17, 15) is 0 Å². The van der Waals surface area contributed by atoms with Gasteiger partial charge in [0.1, 0.15) is 0 Å². The molecule has 0 atom stereocenters. The molecule has 5 heteroatoms. The monoisotopic (exact) mass is 244 g/mol. The van der Waals surface area contributed by atoms with Crippen molar-refractivity contribution in [2.45, 2.75) is 38.1 Å². The highest BCUT2D eigenvalue weighted by Crippen LogP contribution is 2.22. The van der Waals surface area contributed by atoms with E-state index < -0.39 is 0 Å². The molecule has 0 amide bonds. The first-order valence-corrected chi connectivity index (χ1v) is 6.42.